The minimum atomic E-state index is -1.07. The van der Waals surface area contributed by atoms with Crippen molar-refractivity contribution in [3.63, 3.8) is 0 Å². The lowest BCUT2D eigenvalue weighted by molar-refractivity contribution is 0.0690. The minimum Gasteiger partial charge on any atom is -0.476 e. The van der Waals surface area contributed by atoms with Gasteiger partial charge in [-0.1, -0.05) is 6.08 Å². The molecule has 14 heavy (non-hydrogen) atoms. The Morgan fingerprint density at radius 3 is 2.86 bits per heavy atom. The number of aromatic carboxylic acids is 1. The van der Waals surface area contributed by atoms with E-state index in [1.165, 1.54) is 12.4 Å². The average Bonchev–Trinajstić information content (AvgIpc) is 2.19. The van der Waals surface area contributed by atoms with Crippen LogP contribution in [0, 0.1) is 0 Å². The van der Waals surface area contributed by atoms with E-state index in [9.17, 15) is 4.79 Å². The van der Waals surface area contributed by atoms with Crippen LogP contribution >= 0.6 is 0 Å². The summed E-state index contributed by atoms with van der Waals surface area (Å²) in [6, 6.07) is 0. The lowest BCUT2D eigenvalue weighted by Gasteiger charge is -2.02. The molecule has 0 radical (unpaired) electrons. The molecule has 0 bridgehead atoms. The smallest absolute Gasteiger partial charge is 0.356 e. The van der Waals surface area contributed by atoms with E-state index in [0.717, 1.165) is 6.42 Å². The van der Waals surface area contributed by atoms with Crippen LogP contribution in [-0.4, -0.2) is 27.6 Å². The molecule has 0 aliphatic carbocycles. The van der Waals surface area contributed by atoms with Gasteiger partial charge in [-0.2, -0.15) is 0 Å². The first-order valence-electron chi connectivity index (χ1n) is 4.14. The summed E-state index contributed by atoms with van der Waals surface area (Å²) in [5.74, 6) is -0.507. The monoisotopic (exact) mass is 193 g/mol. The highest BCUT2D eigenvalue weighted by atomic mass is 16.4. The van der Waals surface area contributed by atoms with Crippen molar-refractivity contribution in [3.8, 4) is 0 Å². The van der Waals surface area contributed by atoms with E-state index in [-0.39, 0.29) is 5.69 Å². The van der Waals surface area contributed by atoms with Crippen LogP contribution < -0.4 is 5.32 Å². The quantitative estimate of drug-likeness (QED) is 0.542. The molecular formula is C9H11N3O2. The predicted molar refractivity (Wildman–Crippen MR) is 52.3 cm³/mol. The molecule has 0 spiro atoms. The molecule has 0 amide bonds. The summed E-state index contributed by atoms with van der Waals surface area (Å²) in [7, 11) is 0. The Kier molecular flexibility index (Phi) is 3.60. The third-order valence-corrected chi connectivity index (χ3v) is 1.53. The normalized spacial score (nSPS) is 9.43. The number of nitrogens with zero attached hydrogens (tertiary/aromatic N) is 2. The standard InChI is InChI=1S/C9H11N3O2/c1-2-3-4-10-8-6-11-7(5-12-8)9(13)14/h2,5-6H,1,3-4H2,(H,10,12)(H,13,14). The van der Waals surface area contributed by atoms with Crippen molar-refractivity contribution in [2.45, 2.75) is 6.42 Å². The fourth-order valence-corrected chi connectivity index (χ4v) is 0.832. The SMILES string of the molecule is C=CCCNc1cnc(C(=O)O)cn1. The Hall–Kier alpha value is -1.91. The molecule has 0 saturated carbocycles. The number of carboxylic acids is 1. The van der Waals surface area contributed by atoms with Gasteiger partial charge < -0.3 is 10.4 Å². The van der Waals surface area contributed by atoms with Gasteiger partial charge in [0.25, 0.3) is 0 Å². The number of rotatable bonds is 5. The predicted octanol–water partition coefficient (Wildman–Crippen LogP) is 1.16. The van der Waals surface area contributed by atoms with E-state index in [0.29, 0.717) is 12.4 Å². The summed E-state index contributed by atoms with van der Waals surface area (Å²) in [5, 5.41) is 11.5. The van der Waals surface area contributed by atoms with Crippen LogP contribution in [0.1, 0.15) is 16.9 Å². The Morgan fingerprint density at radius 1 is 1.57 bits per heavy atom. The van der Waals surface area contributed by atoms with Crippen LogP contribution in [0.3, 0.4) is 0 Å². The zero-order valence-electron chi connectivity index (χ0n) is 7.60. The molecule has 0 aliphatic heterocycles. The number of nitrogens with one attached hydrogen (secondary N) is 1. The number of anilines is 1. The highest BCUT2D eigenvalue weighted by Gasteiger charge is 2.03. The van der Waals surface area contributed by atoms with Gasteiger partial charge in [0.15, 0.2) is 5.69 Å². The Labute approximate surface area is 81.5 Å². The van der Waals surface area contributed by atoms with E-state index in [2.05, 4.69) is 21.9 Å². The van der Waals surface area contributed by atoms with Crippen molar-refractivity contribution in [1.82, 2.24) is 9.97 Å². The Morgan fingerprint density at radius 2 is 2.36 bits per heavy atom. The van der Waals surface area contributed by atoms with Gasteiger partial charge in [0.05, 0.1) is 12.4 Å². The van der Waals surface area contributed by atoms with Gasteiger partial charge in [0, 0.05) is 6.54 Å². The maximum absolute atomic E-state index is 10.4. The molecule has 0 fully saturated rings. The van der Waals surface area contributed by atoms with Crippen molar-refractivity contribution in [2.75, 3.05) is 11.9 Å². The Bertz CT molecular complexity index is 321. The minimum absolute atomic E-state index is 0.0562. The van der Waals surface area contributed by atoms with E-state index in [1.54, 1.807) is 6.08 Å². The Balaban J connectivity index is 2.55. The summed E-state index contributed by atoms with van der Waals surface area (Å²) in [5.41, 5.74) is -0.0562. The molecule has 1 rings (SSSR count). The van der Waals surface area contributed by atoms with Crippen LogP contribution in [0.15, 0.2) is 25.0 Å². The van der Waals surface area contributed by atoms with Gasteiger partial charge in [-0.05, 0) is 6.42 Å². The first-order valence-corrected chi connectivity index (χ1v) is 4.14. The largest absolute Gasteiger partial charge is 0.476 e. The number of carboxylic acid groups (broad SMARTS) is 1. The first kappa shape index (κ1) is 10.2. The van der Waals surface area contributed by atoms with Crippen LogP contribution in [0.25, 0.3) is 0 Å². The topological polar surface area (TPSA) is 75.1 Å². The van der Waals surface area contributed by atoms with Crippen molar-refractivity contribution < 1.29 is 9.90 Å². The highest BCUT2D eigenvalue weighted by Crippen LogP contribution is 2.00. The fraction of sp³-hybridized carbons (Fsp3) is 0.222. The molecule has 2 N–H and O–H groups in total. The zero-order valence-corrected chi connectivity index (χ0v) is 7.60. The molecule has 5 nitrogen and oxygen atoms in total. The molecule has 1 heterocycles. The first-order chi connectivity index (χ1) is 6.74. The molecule has 1 aromatic rings. The summed E-state index contributed by atoms with van der Waals surface area (Å²) in [4.78, 5) is 18.0. The fourth-order valence-electron chi connectivity index (χ4n) is 0.832. The van der Waals surface area contributed by atoms with Crippen LogP contribution in [0.5, 0.6) is 0 Å². The molecule has 0 unspecified atom stereocenters. The van der Waals surface area contributed by atoms with E-state index in [1.807, 2.05) is 0 Å². The van der Waals surface area contributed by atoms with Crippen LogP contribution in [0.4, 0.5) is 5.82 Å². The van der Waals surface area contributed by atoms with Crippen LogP contribution in [0.2, 0.25) is 0 Å². The molecule has 0 saturated heterocycles. The highest BCUT2D eigenvalue weighted by molar-refractivity contribution is 5.84. The average molecular weight is 193 g/mol. The van der Waals surface area contributed by atoms with Crippen molar-refractivity contribution in [1.29, 1.82) is 0 Å². The molecule has 5 heteroatoms. The van der Waals surface area contributed by atoms with Gasteiger partial charge in [0.2, 0.25) is 0 Å². The van der Waals surface area contributed by atoms with Gasteiger partial charge in [-0.15, -0.1) is 6.58 Å². The second-order valence-electron chi connectivity index (χ2n) is 2.60. The lowest BCUT2D eigenvalue weighted by Crippen LogP contribution is -2.05. The molecule has 0 aliphatic rings. The zero-order chi connectivity index (χ0) is 10.4. The summed E-state index contributed by atoms with van der Waals surface area (Å²) < 4.78 is 0. The third-order valence-electron chi connectivity index (χ3n) is 1.53. The second kappa shape index (κ2) is 4.96. The molecular weight excluding hydrogens is 182 g/mol. The summed E-state index contributed by atoms with van der Waals surface area (Å²) in [6.45, 7) is 4.29. The van der Waals surface area contributed by atoms with Gasteiger partial charge in [-0.3, -0.25) is 0 Å². The summed E-state index contributed by atoms with van der Waals surface area (Å²) in [6.07, 6.45) is 5.22. The van der Waals surface area contributed by atoms with Crippen molar-refractivity contribution in [3.05, 3.63) is 30.7 Å². The molecule has 0 aromatic carbocycles. The summed E-state index contributed by atoms with van der Waals surface area (Å²) >= 11 is 0. The van der Waals surface area contributed by atoms with Gasteiger partial charge >= 0.3 is 5.97 Å². The maximum Gasteiger partial charge on any atom is 0.356 e. The lowest BCUT2D eigenvalue weighted by atomic mass is 10.4. The number of hydrogen-bond donors (Lipinski definition) is 2. The van der Waals surface area contributed by atoms with Crippen molar-refractivity contribution >= 4 is 11.8 Å². The molecule has 74 valence electrons. The van der Waals surface area contributed by atoms with E-state index in [4.69, 9.17) is 5.11 Å². The molecule has 1 aromatic heterocycles. The van der Waals surface area contributed by atoms with E-state index >= 15 is 0 Å². The number of hydrogen-bond acceptors (Lipinski definition) is 4. The van der Waals surface area contributed by atoms with Crippen molar-refractivity contribution in [2.24, 2.45) is 0 Å². The molecule has 0 atom stereocenters. The van der Waals surface area contributed by atoms with Gasteiger partial charge in [0.1, 0.15) is 5.82 Å². The van der Waals surface area contributed by atoms with Gasteiger partial charge in [-0.25, -0.2) is 14.8 Å². The second-order valence-corrected chi connectivity index (χ2v) is 2.60. The van der Waals surface area contributed by atoms with Crippen LogP contribution in [-0.2, 0) is 0 Å². The number of aromatic nitrogens is 2. The number of carbonyl (C=O) groups is 1. The van der Waals surface area contributed by atoms with E-state index < -0.39 is 5.97 Å². The maximum atomic E-state index is 10.4. The third kappa shape index (κ3) is 2.85.